The van der Waals surface area contributed by atoms with Gasteiger partial charge in [-0.25, -0.2) is 0 Å². The minimum Gasteiger partial charge on any atom is -0.365 e. The molecule has 1 aliphatic rings. The number of amides is 1. The lowest BCUT2D eigenvalue weighted by Gasteiger charge is -2.24. The normalized spacial score (nSPS) is 17.2. The molecule has 0 saturated heterocycles. The van der Waals surface area contributed by atoms with Crippen molar-refractivity contribution in [2.24, 2.45) is 11.7 Å². The number of fused-ring (bicyclic) bond motifs is 1. The molecule has 0 spiro atoms. The Kier molecular flexibility index (Phi) is 4.20. The summed E-state index contributed by atoms with van der Waals surface area (Å²) < 4.78 is 1.92. The van der Waals surface area contributed by atoms with Crippen molar-refractivity contribution in [1.29, 1.82) is 0 Å². The lowest BCUT2D eigenvalue weighted by molar-refractivity contribution is 0.0998. The molecular weight excluding hydrogens is 278 g/mol. The number of pyridine rings is 1. The fourth-order valence-corrected chi connectivity index (χ4v) is 2.89. The maximum Gasteiger partial charge on any atom is 0.252 e. The molecule has 6 nitrogen and oxygen atoms in total. The summed E-state index contributed by atoms with van der Waals surface area (Å²) in [5, 5.41) is 7.74. The van der Waals surface area contributed by atoms with Crippen molar-refractivity contribution < 1.29 is 4.79 Å². The number of primary amides is 1. The van der Waals surface area contributed by atoms with Crippen LogP contribution in [0.1, 0.15) is 33.7 Å². The summed E-state index contributed by atoms with van der Waals surface area (Å²) in [7, 11) is 0. The first kappa shape index (κ1) is 14.7. The Hall–Kier alpha value is -2.21. The number of nitrogens with zero attached hydrogens (tertiary/aromatic N) is 3. The van der Waals surface area contributed by atoms with E-state index in [2.05, 4.69) is 21.5 Å². The number of rotatable bonds is 5. The highest BCUT2D eigenvalue weighted by Crippen LogP contribution is 2.21. The highest BCUT2D eigenvalue weighted by atomic mass is 16.1. The third-order valence-corrected chi connectivity index (χ3v) is 4.15. The Morgan fingerprint density at radius 3 is 3.05 bits per heavy atom. The van der Waals surface area contributed by atoms with Crippen molar-refractivity contribution in [1.82, 2.24) is 20.1 Å². The number of carbonyl (C=O) groups is 1. The van der Waals surface area contributed by atoms with Crippen molar-refractivity contribution in [3.63, 3.8) is 0 Å². The molecular formula is C16H21N5O. The fourth-order valence-electron chi connectivity index (χ4n) is 2.89. The van der Waals surface area contributed by atoms with Gasteiger partial charge in [-0.15, -0.1) is 0 Å². The molecule has 3 heterocycles. The zero-order chi connectivity index (χ0) is 15.5. The smallest absolute Gasteiger partial charge is 0.252 e. The van der Waals surface area contributed by atoms with E-state index in [0.717, 1.165) is 43.9 Å². The van der Waals surface area contributed by atoms with E-state index in [1.54, 1.807) is 6.20 Å². The van der Waals surface area contributed by atoms with Crippen LogP contribution < -0.4 is 11.1 Å². The van der Waals surface area contributed by atoms with E-state index in [1.165, 1.54) is 5.56 Å². The van der Waals surface area contributed by atoms with Crippen LogP contribution in [0.4, 0.5) is 0 Å². The Balaban J connectivity index is 1.52. The van der Waals surface area contributed by atoms with E-state index in [1.807, 2.05) is 23.9 Å². The predicted molar refractivity (Wildman–Crippen MR) is 83.2 cm³/mol. The monoisotopic (exact) mass is 299 g/mol. The fraction of sp³-hybridized carbons (Fsp3) is 0.438. The molecule has 0 saturated carbocycles. The minimum atomic E-state index is -0.386. The molecule has 6 heteroatoms. The van der Waals surface area contributed by atoms with Crippen LogP contribution in [0.2, 0.25) is 0 Å². The first-order valence-corrected chi connectivity index (χ1v) is 7.60. The maximum atomic E-state index is 11.3. The van der Waals surface area contributed by atoms with Gasteiger partial charge in [0.15, 0.2) is 0 Å². The largest absolute Gasteiger partial charge is 0.365 e. The molecule has 2 aromatic heterocycles. The van der Waals surface area contributed by atoms with Gasteiger partial charge in [-0.1, -0.05) is 6.07 Å². The van der Waals surface area contributed by atoms with Gasteiger partial charge in [-0.2, -0.15) is 5.10 Å². The van der Waals surface area contributed by atoms with Crippen LogP contribution in [0.3, 0.4) is 0 Å². The second kappa shape index (κ2) is 6.27. The number of carbonyl (C=O) groups excluding carboxylic acids is 1. The Morgan fingerprint density at radius 1 is 1.45 bits per heavy atom. The highest BCUT2D eigenvalue weighted by Gasteiger charge is 2.23. The second-order valence-corrected chi connectivity index (χ2v) is 5.91. The number of hydrogen-bond acceptors (Lipinski definition) is 4. The van der Waals surface area contributed by atoms with Crippen molar-refractivity contribution in [2.45, 2.75) is 32.9 Å². The van der Waals surface area contributed by atoms with E-state index in [9.17, 15) is 4.79 Å². The van der Waals surface area contributed by atoms with Crippen molar-refractivity contribution in [3.8, 4) is 0 Å². The summed E-state index contributed by atoms with van der Waals surface area (Å²) in [6, 6.07) is 4.12. The van der Waals surface area contributed by atoms with Gasteiger partial charge in [0.1, 0.15) is 0 Å². The lowest BCUT2D eigenvalue weighted by atomic mass is 9.96. The number of nitrogens with one attached hydrogen (secondary N) is 1. The van der Waals surface area contributed by atoms with Crippen LogP contribution in [0.15, 0.2) is 24.5 Å². The third kappa shape index (κ3) is 3.17. The van der Waals surface area contributed by atoms with Gasteiger partial charge in [0, 0.05) is 25.8 Å². The van der Waals surface area contributed by atoms with Gasteiger partial charge < -0.3 is 11.1 Å². The summed E-state index contributed by atoms with van der Waals surface area (Å²) in [5.74, 6) is 0.127. The van der Waals surface area contributed by atoms with Gasteiger partial charge in [-0.05, 0) is 37.3 Å². The van der Waals surface area contributed by atoms with E-state index in [0.29, 0.717) is 11.5 Å². The minimum absolute atomic E-state index is 0.386. The highest BCUT2D eigenvalue weighted by molar-refractivity contribution is 5.93. The van der Waals surface area contributed by atoms with Crippen molar-refractivity contribution in [2.75, 3.05) is 6.54 Å². The van der Waals surface area contributed by atoms with Crippen LogP contribution in [0.25, 0.3) is 0 Å². The van der Waals surface area contributed by atoms with Crippen LogP contribution in [0.5, 0.6) is 0 Å². The Labute approximate surface area is 129 Å². The van der Waals surface area contributed by atoms with Gasteiger partial charge in [0.25, 0.3) is 5.91 Å². The second-order valence-electron chi connectivity index (χ2n) is 5.91. The van der Waals surface area contributed by atoms with Gasteiger partial charge in [-0.3, -0.25) is 14.5 Å². The lowest BCUT2D eigenvalue weighted by Crippen LogP contribution is -2.31. The quantitative estimate of drug-likeness (QED) is 0.863. The summed E-state index contributed by atoms with van der Waals surface area (Å²) in [6.07, 6.45) is 5.37. The number of aromatic nitrogens is 3. The van der Waals surface area contributed by atoms with Gasteiger partial charge in [0.2, 0.25) is 0 Å². The topological polar surface area (TPSA) is 85.8 Å². The predicted octanol–water partition coefficient (Wildman–Crippen LogP) is 1.04. The zero-order valence-electron chi connectivity index (χ0n) is 12.7. The van der Waals surface area contributed by atoms with Crippen LogP contribution in [-0.2, 0) is 19.5 Å². The molecule has 0 unspecified atom stereocenters. The summed E-state index contributed by atoms with van der Waals surface area (Å²) in [4.78, 5) is 15.7. The molecule has 3 N–H and O–H groups in total. The van der Waals surface area contributed by atoms with Crippen molar-refractivity contribution >= 4 is 5.91 Å². The standard InChI is InChI=1S/C16H21N5O/c1-11-2-4-13(19-6-11)8-18-7-12-3-5-15-14(16(17)22)9-20-21(15)10-12/h2,4,6,9,12,18H,3,5,7-8,10H2,1H3,(H2,17,22)/t12-/m1/s1. The number of hydrogen-bond donors (Lipinski definition) is 2. The first-order valence-electron chi connectivity index (χ1n) is 7.60. The SMILES string of the molecule is Cc1ccc(CNC[C@H]2CCc3c(C(N)=O)cnn3C2)nc1. The molecule has 0 fully saturated rings. The Morgan fingerprint density at radius 2 is 2.32 bits per heavy atom. The van der Waals surface area contributed by atoms with Crippen LogP contribution in [-0.4, -0.2) is 27.2 Å². The molecule has 1 aliphatic heterocycles. The average molecular weight is 299 g/mol. The molecule has 0 aromatic carbocycles. The summed E-state index contributed by atoms with van der Waals surface area (Å²) in [5.41, 5.74) is 9.13. The molecule has 1 atom stereocenters. The summed E-state index contributed by atoms with van der Waals surface area (Å²) >= 11 is 0. The van der Waals surface area contributed by atoms with Gasteiger partial charge >= 0.3 is 0 Å². The molecule has 2 aromatic rings. The molecule has 3 rings (SSSR count). The maximum absolute atomic E-state index is 11.3. The molecule has 0 aliphatic carbocycles. The molecule has 116 valence electrons. The zero-order valence-corrected chi connectivity index (χ0v) is 12.7. The van der Waals surface area contributed by atoms with Crippen LogP contribution in [0, 0.1) is 12.8 Å². The van der Waals surface area contributed by atoms with Crippen molar-refractivity contribution in [3.05, 3.63) is 47.0 Å². The van der Waals surface area contributed by atoms with E-state index in [-0.39, 0.29) is 5.91 Å². The van der Waals surface area contributed by atoms with Crippen LogP contribution >= 0.6 is 0 Å². The van der Waals surface area contributed by atoms with E-state index < -0.39 is 0 Å². The molecule has 0 radical (unpaired) electrons. The number of nitrogens with two attached hydrogens (primary N) is 1. The Bertz CT molecular complexity index is 662. The molecule has 1 amide bonds. The van der Waals surface area contributed by atoms with E-state index >= 15 is 0 Å². The molecule has 22 heavy (non-hydrogen) atoms. The number of aryl methyl sites for hydroxylation is 1. The first-order chi connectivity index (χ1) is 10.6. The third-order valence-electron chi connectivity index (χ3n) is 4.15. The van der Waals surface area contributed by atoms with E-state index in [4.69, 9.17) is 5.73 Å². The van der Waals surface area contributed by atoms with Gasteiger partial charge in [0.05, 0.1) is 23.1 Å². The average Bonchev–Trinajstić information content (AvgIpc) is 2.92. The summed E-state index contributed by atoms with van der Waals surface area (Å²) in [6.45, 7) is 4.56. The molecule has 0 bridgehead atoms.